The van der Waals surface area contributed by atoms with Gasteiger partial charge in [0.25, 0.3) is 5.69 Å². The average Bonchev–Trinajstić information content (AvgIpc) is 3.18. The lowest BCUT2D eigenvalue weighted by Crippen LogP contribution is -2.28. The van der Waals surface area contributed by atoms with E-state index in [2.05, 4.69) is 21.4 Å². The molecule has 2 aromatic heterocycles. The lowest BCUT2D eigenvalue weighted by molar-refractivity contribution is -0.384. The summed E-state index contributed by atoms with van der Waals surface area (Å²) in [6.07, 6.45) is 1.58. The van der Waals surface area contributed by atoms with Crippen LogP contribution in [-0.4, -0.2) is 65.7 Å². The molecule has 190 valence electrons. The SMILES string of the molecule is COc1cc(N(C)CCN(C)C)c([N+](=O)[O-])cc1Nc1nccc(-c2c(C#N)n(C)c3ccccc23)n1. The summed E-state index contributed by atoms with van der Waals surface area (Å²) < 4.78 is 7.39. The van der Waals surface area contributed by atoms with Gasteiger partial charge in [0.2, 0.25) is 5.95 Å². The molecule has 37 heavy (non-hydrogen) atoms. The number of nitro benzene ring substituents is 1. The molecule has 0 saturated heterocycles. The van der Waals surface area contributed by atoms with E-state index < -0.39 is 4.92 Å². The number of para-hydroxylation sites is 1. The van der Waals surface area contributed by atoms with Gasteiger partial charge in [-0.2, -0.15) is 5.26 Å². The number of nitrogens with zero attached hydrogens (tertiary/aromatic N) is 7. The molecule has 1 N–H and O–H groups in total. The van der Waals surface area contributed by atoms with Gasteiger partial charge in [-0.05, 0) is 26.2 Å². The molecule has 11 nitrogen and oxygen atoms in total. The van der Waals surface area contributed by atoms with E-state index in [1.54, 1.807) is 18.3 Å². The Balaban J connectivity index is 1.75. The summed E-state index contributed by atoms with van der Waals surface area (Å²) in [5.41, 5.74) is 3.37. The molecule has 4 rings (SSSR count). The van der Waals surface area contributed by atoms with Crippen LogP contribution < -0.4 is 15.0 Å². The highest BCUT2D eigenvalue weighted by Crippen LogP contribution is 2.39. The highest BCUT2D eigenvalue weighted by Gasteiger charge is 2.23. The Morgan fingerprint density at radius 1 is 1.19 bits per heavy atom. The fraction of sp³-hybridized carbons (Fsp3) is 0.269. The monoisotopic (exact) mass is 500 g/mol. The number of nitriles is 1. The average molecular weight is 501 g/mol. The van der Waals surface area contributed by atoms with Crippen molar-refractivity contribution in [2.45, 2.75) is 0 Å². The van der Waals surface area contributed by atoms with E-state index in [1.807, 2.05) is 66.8 Å². The smallest absolute Gasteiger partial charge is 0.294 e. The van der Waals surface area contributed by atoms with E-state index in [9.17, 15) is 15.4 Å². The zero-order chi connectivity index (χ0) is 26.7. The quantitative estimate of drug-likeness (QED) is 0.266. The van der Waals surface area contributed by atoms with Gasteiger partial charge in [0.05, 0.1) is 23.4 Å². The van der Waals surface area contributed by atoms with Gasteiger partial charge in [-0.25, -0.2) is 9.97 Å². The highest BCUT2D eigenvalue weighted by atomic mass is 16.6. The van der Waals surface area contributed by atoms with Crippen molar-refractivity contribution >= 4 is 33.9 Å². The van der Waals surface area contributed by atoms with E-state index in [1.165, 1.54) is 13.2 Å². The maximum absolute atomic E-state index is 11.9. The summed E-state index contributed by atoms with van der Waals surface area (Å²) in [6.45, 7) is 1.33. The Bertz CT molecular complexity index is 1510. The van der Waals surface area contributed by atoms with Crippen LogP contribution in [0.2, 0.25) is 0 Å². The van der Waals surface area contributed by atoms with Crippen molar-refractivity contribution < 1.29 is 9.66 Å². The van der Waals surface area contributed by atoms with Crippen LogP contribution in [0.15, 0.2) is 48.7 Å². The number of methoxy groups -OCH3 is 1. The molecule has 0 saturated carbocycles. The molecule has 0 atom stereocenters. The molecule has 0 bridgehead atoms. The maximum atomic E-state index is 11.9. The molecule has 0 spiro atoms. The van der Waals surface area contributed by atoms with Crippen molar-refractivity contribution in [3.05, 3.63) is 64.5 Å². The Morgan fingerprint density at radius 2 is 1.95 bits per heavy atom. The van der Waals surface area contributed by atoms with E-state index >= 15 is 0 Å². The van der Waals surface area contributed by atoms with Crippen LogP contribution in [0.5, 0.6) is 5.75 Å². The fourth-order valence-electron chi connectivity index (χ4n) is 4.21. The second-order valence-corrected chi connectivity index (χ2v) is 8.83. The molecule has 2 heterocycles. The zero-order valence-electron chi connectivity index (χ0n) is 21.4. The second kappa shape index (κ2) is 10.5. The van der Waals surface area contributed by atoms with Crippen molar-refractivity contribution in [1.29, 1.82) is 5.26 Å². The minimum atomic E-state index is -0.418. The van der Waals surface area contributed by atoms with Crippen molar-refractivity contribution in [3.63, 3.8) is 0 Å². The predicted molar refractivity (Wildman–Crippen MR) is 143 cm³/mol. The number of fused-ring (bicyclic) bond motifs is 1. The summed E-state index contributed by atoms with van der Waals surface area (Å²) in [4.78, 5) is 24.3. The van der Waals surface area contributed by atoms with Crippen LogP contribution in [0, 0.1) is 21.4 Å². The third-order valence-electron chi connectivity index (χ3n) is 6.16. The van der Waals surface area contributed by atoms with Crippen LogP contribution in [0.1, 0.15) is 5.69 Å². The third-order valence-corrected chi connectivity index (χ3v) is 6.16. The number of hydrogen-bond acceptors (Lipinski definition) is 9. The van der Waals surface area contributed by atoms with Crippen LogP contribution in [0.3, 0.4) is 0 Å². The minimum Gasteiger partial charge on any atom is -0.494 e. The molecule has 0 aliphatic carbocycles. The zero-order valence-corrected chi connectivity index (χ0v) is 21.4. The first-order chi connectivity index (χ1) is 17.7. The highest BCUT2D eigenvalue weighted by molar-refractivity contribution is 5.98. The molecule has 4 aromatic rings. The second-order valence-electron chi connectivity index (χ2n) is 8.83. The minimum absolute atomic E-state index is 0.0680. The molecule has 0 amide bonds. The number of ether oxygens (including phenoxy) is 1. The molecule has 0 fully saturated rings. The van der Waals surface area contributed by atoms with Gasteiger partial charge >= 0.3 is 0 Å². The standard InChI is InChI=1S/C26H28N8O3/c1-31(2)12-13-32(3)21-15-24(37-5)19(14-22(21)34(35)36)30-26-28-11-10-18(29-26)25-17-8-6-7-9-20(17)33(4)23(25)16-27/h6-11,14-15H,12-13H2,1-5H3,(H,28,29,30). The number of rotatable bonds is 9. The predicted octanol–water partition coefficient (Wildman–Crippen LogP) is 4.17. The number of aryl methyl sites for hydroxylation is 1. The number of benzene rings is 2. The van der Waals surface area contributed by atoms with Crippen molar-refractivity contribution in [1.82, 2.24) is 19.4 Å². The molecular formula is C26H28N8O3. The number of nitrogens with one attached hydrogen (secondary N) is 1. The summed E-state index contributed by atoms with van der Waals surface area (Å²) in [7, 11) is 9.04. The van der Waals surface area contributed by atoms with Gasteiger partial charge in [-0.15, -0.1) is 0 Å². The Morgan fingerprint density at radius 3 is 2.62 bits per heavy atom. The molecule has 2 aromatic carbocycles. The third kappa shape index (κ3) is 5.00. The van der Waals surface area contributed by atoms with Gasteiger partial charge in [0.15, 0.2) is 0 Å². The van der Waals surface area contributed by atoms with E-state index in [0.29, 0.717) is 40.6 Å². The molecule has 0 aliphatic heterocycles. The van der Waals surface area contributed by atoms with Crippen molar-refractivity contribution in [2.24, 2.45) is 7.05 Å². The molecule has 0 radical (unpaired) electrons. The van der Waals surface area contributed by atoms with Gasteiger partial charge < -0.3 is 24.4 Å². The van der Waals surface area contributed by atoms with E-state index in [4.69, 9.17) is 4.74 Å². The van der Waals surface area contributed by atoms with Gasteiger partial charge in [-0.1, -0.05) is 18.2 Å². The lowest BCUT2D eigenvalue weighted by atomic mass is 10.1. The van der Waals surface area contributed by atoms with Crippen molar-refractivity contribution in [3.8, 4) is 23.1 Å². The molecular weight excluding hydrogens is 472 g/mol. The largest absolute Gasteiger partial charge is 0.494 e. The normalized spacial score (nSPS) is 10.9. The Labute approximate surface area is 214 Å². The fourth-order valence-corrected chi connectivity index (χ4v) is 4.21. The van der Waals surface area contributed by atoms with Gasteiger partial charge in [-0.3, -0.25) is 10.1 Å². The van der Waals surface area contributed by atoms with Crippen LogP contribution in [0.4, 0.5) is 23.0 Å². The molecule has 0 aliphatic rings. The number of hydrogen-bond donors (Lipinski definition) is 1. The first kappa shape index (κ1) is 25.4. The van der Waals surface area contributed by atoms with Gasteiger partial charge in [0.1, 0.15) is 23.2 Å². The summed E-state index contributed by atoms with van der Waals surface area (Å²) in [5, 5.41) is 25.7. The van der Waals surface area contributed by atoms with Crippen molar-refractivity contribution in [2.75, 3.05) is 51.6 Å². The van der Waals surface area contributed by atoms with Crippen LogP contribution in [0.25, 0.3) is 22.2 Å². The summed E-state index contributed by atoms with van der Waals surface area (Å²) >= 11 is 0. The topological polar surface area (TPSA) is 125 Å². The Hall–Kier alpha value is -4.69. The summed E-state index contributed by atoms with van der Waals surface area (Å²) in [6, 6.07) is 14.8. The first-order valence-corrected chi connectivity index (χ1v) is 11.5. The maximum Gasteiger partial charge on any atom is 0.294 e. The number of nitro groups is 1. The van der Waals surface area contributed by atoms with E-state index in [0.717, 1.165) is 17.4 Å². The van der Waals surface area contributed by atoms with Crippen LogP contribution in [-0.2, 0) is 7.05 Å². The molecule has 11 heteroatoms. The number of aromatic nitrogens is 3. The lowest BCUT2D eigenvalue weighted by Gasteiger charge is -2.22. The number of likely N-dealkylation sites (N-methyl/N-ethyl adjacent to an activating group) is 2. The number of anilines is 3. The summed E-state index contributed by atoms with van der Waals surface area (Å²) in [5.74, 6) is 0.629. The molecule has 0 unspecified atom stereocenters. The first-order valence-electron chi connectivity index (χ1n) is 11.5. The van der Waals surface area contributed by atoms with Gasteiger partial charge in [0, 0.05) is 62.0 Å². The van der Waals surface area contributed by atoms with E-state index in [-0.39, 0.29) is 11.6 Å². The Kier molecular flexibility index (Phi) is 7.22. The van der Waals surface area contributed by atoms with Crippen LogP contribution >= 0.6 is 0 Å².